The van der Waals surface area contributed by atoms with E-state index in [0.717, 1.165) is 0 Å². The lowest BCUT2D eigenvalue weighted by molar-refractivity contribution is -0.161. The molecule has 0 N–H and O–H groups in total. The van der Waals surface area contributed by atoms with Gasteiger partial charge >= 0.3 is 11.9 Å². The quantitative estimate of drug-likeness (QED) is 0.463. The fourth-order valence-corrected chi connectivity index (χ4v) is 0.564. The Morgan fingerprint density at radius 2 is 2.00 bits per heavy atom. The van der Waals surface area contributed by atoms with Gasteiger partial charge in [0.05, 0.1) is 7.11 Å². The van der Waals surface area contributed by atoms with E-state index in [1.165, 1.54) is 26.2 Å². The van der Waals surface area contributed by atoms with Crippen molar-refractivity contribution >= 4 is 11.9 Å². The number of hydrogen-bond acceptors (Lipinski definition) is 4. The van der Waals surface area contributed by atoms with E-state index in [1.54, 1.807) is 6.92 Å². The minimum Gasteiger partial charge on any atom is -0.466 e. The number of carbonyl (C=O) groups excluding carboxylic acids is 2. The fraction of sp³-hybridized carbons (Fsp3) is 0.500. The minimum absolute atomic E-state index is 0.546. The molecular weight excluding hydrogens is 160 g/mol. The SMILES string of the molecule is C/C=C/C(=O)OC(C)C(=O)OC. The summed E-state index contributed by atoms with van der Waals surface area (Å²) < 4.78 is 8.99. The van der Waals surface area contributed by atoms with Crippen molar-refractivity contribution in [3.05, 3.63) is 12.2 Å². The number of hydrogen-bond donors (Lipinski definition) is 0. The lowest BCUT2D eigenvalue weighted by Gasteiger charge is -2.08. The molecule has 68 valence electrons. The van der Waals surface area contributed by atoms with Crippen LogP contribution < -0.4 is 0 Å². The van der Waals surface area contributed by atoms with Gasteiger partial charge in [-0.15, -0.1) is 0 Å². The van der Waals surface area contributed by atoms with E-state index in [0.29, 0.717) is 0 Å². The maximum atomic E-state index is 10.8. The maximum absolute atomic E-state index is 10.8. The monoisotopic (exact) mass is 172 g/mol. The molecule has 0 amide bonds. The normalized spacial score (nSPS) is 12.6. The highest BCUT2D eigenvalue weighted by molar-refractivity contribution is 5.85. The summed E-state index contributed by atoms with van der Waals surface area (Å²) in [6, 6.07) is 0. The second-order valence-electron chi connectivity index (χ2n) is 2.10. The van der Waals surface area contributed by atoms with Crippen LogP contribution >= 0.6 is 0 Å². The molecule has 0 saturated carbocycles. The largest absolute Gasteiger partial charge is 0.466 e. The van der Waals surface area contributed by atoms with Gasteiger partial charge in [-0.2, -0.15) is 0 Å². The molecule has 0 aliphatic carbocycles. The fourth-order valence-electron chi connectivity index (χ4n) is 0.564. The van der Waals surface area contributed by atoms with Crippen LogP contribution in [-0.2, 0) is 19.1 Å². The van der Waals surface area contributed by atoms with E-state index in [-0.39, 0.29) is 0 Å². The summed E-state index contributed by atoms with van der Waals surface area (Å²) in [7, 11) is 1.24. The molecule has 0 aromatic heterocycles. The molecule has 0 radical (unpaired) electrons. The standard InChI is InChI=1S/C8H12O4/c1-4-5-7(9)12-6(2)8(10)11-3/h4-6H,1-3H3/b5-4+. The predicted octanol–water partition coefficient (Wildman–Crippen LogP) is 0.667. The lowest BCUT2D eigenvalue weighted by Crippen LogP contribution is -2.24. The van der Waals surface area contributed by atoms with E-state index in [9.17, 15) is 9.59 Å². The summed E-state index contributed by atoms with van der Waals surface area (Å²) in [6.45, 7) is 3.14. The molecule has 0 fully saturated rings. The Bertz CT molecular complexity index is 195. The van der Waals surface area contributed by atoms with Crippen molar-refractivity contribution in [1.29, 1.82) is 0 Å². The minimum atomic E-state index is -0.848. The third kappa shape index (κ3) is 3.75. The van der Waals surface area contributed by atoms with Crippen LogP contribution in [0.25, 0.3) is 0 Å². The van der Waals surface area contributed by atoms with E-state index in [4.69, 9.17) is 0 Å². The van der Waals surface area contributed by atoms with Gasteiger partial charge in [0.25, 0.3) is 0 Å². The zero-order chi connectivity index (χ0) is 9.56. The first-order chi connectivity index (χ1) is 5.61. The molecule has 0 aromatic rings. The summed E-state index contributed by atoms with van der Waals surface area (Å²) in [5, 5.41) is 0. The molecule has 0 heterocycles. The first-order valence-electron chi connectivity index (χ1n) is 3.53. The third-order valence-electron chi connectivity index (χ3n) is 1.13. The van der Waals surface area contributed by atoms with Crippen LogP contribution in [0, 0.1) is 0 Å². The average molecular weight is 172 g/mol. The zero-order valence-electron chi connectivity index (χ0n) is 7.37. The molecule has 4 nitrogen and oxygen atoms in total. The Morgan fingerprint density at radius 1 is 1.42 bits per heavy atom. The van der Waals surface area contributed by atoms with Crippen molar-refractivity contribution in [2.75, 3.05) is 7.11 Å². The number of methoxy groups -OCH3 is 1. The Labute approximate surface area is 71.2 Å². The number of ether oxygens (including phenoxy) is 2. The van der Waals surface area contributed by atoms with Crippen molar-refractivity contribution in [3.63, 3.8) is 0 Å². The number of allylic oxidation sites excluding steroid dienone is 1. The summed E-state index contributed by atoms with van der Waals surface area (Å²) in [6.07, 6.45) is 1.92. The molecule has 1 atom stereocenters. The number of rotatable bonds is 3. The summed E-state index contributed by atoms with van der Waals surface area (Å²) in [5.41, 5.74) is 0. The smallest absolute Gasteiger partial charge is 0.346 e. The van der Waals surface area contributed by atoms with E-state index in [1.807, 2.05) is 0 Å². The van der Waals surface area contributed by atoms with Gasteiger partial charge in [0.1, 0.15) is 0 Å². The van der Waals surface area contributed by atoms with Crippen LogP contribution in [0.1, 0.15) is 13.8 Å². The highest BCUT2D eigenvalue weighted by Gasteiger charge is 2.15. The van der Waals surface area contributed by atoms with Crippen molar-refractivity contribution in [1.82, 2.24) is 0 Å². The van der Waals surface area contributed by atoms with Gasteiger partial charge in [-0.25, -0.2) is 9.59 Å². The average Bonchev–Trinajstić information content (AvgIpc) is 2.03. The maximum Gasteiger partial charge on any atom is 0.346 e. The highest BCUT2D eigenvalue weighted by Crippen LogP contribution is 1.94. The summed E-state index contributed by atoms with van der Waals surface area (Å²) in [4.78, 5) is 21.5. The van der Waals surface area contributed by atoms with E-state index >= 15 is 0 Å². The molecule has 12 heavy (non-hydrogen) atoms. The van der Waals surface area contributed by atoms with Crippen molar-refractivity contribution in [2.45, 2.75) is 20.0 Å². The molecule has 1 unspecified atom stereocenters. The molecule has 0 aromatic carbocycles. The highest BCUT2D eigenvalue weighted by atomic mass is 16.6. The molecule has 0 aliphatic rings. The van der Waals surface area contributed by atoms with Crippen LogP contribution in [-0.4, -0.2) is 25.2 Å². The zero-order valence-corrected chi connectivity index (χ0v) is 7.37. The van der Waals surface area contributed by atoms with Crippen LogP contribution in [0.2, 0.25) is 0 Å². The second-order valence-corrected chi connectivity index (χ2v) is 2.10. The van der Waals surface area contributed by atoms with Crippen LogP contribution in [0.3, 0.4) is 0 Å². The van der Waals surface area contributed by atoms with Gasteiger partial charge in [-0.3, -0.25) is 0 Å². The van der Waals surface area contributed by atoms with Gasteiger partial charge in [-0.05, 0) is 13.8 Å². The van der Waals surface area contributed by atoms with Gasteiger partial charge in [0, 0.05) is 6.08 Å². The Kier molecular flexibility index (Phi) is 4.76. The summed E-state index contributed by atoms with van der Waals surface area (Å²) in [5.74, 6) is -1.11. The molecule has 0 spiro atoms. The van der Waals surface area contributed by atoms with Crippen molar-refractivity contribution < 1.29 is 19.1 Å². The Balaban J connectivity index is 3.92. The lowest BCUT2D eigenvalue weighted by atomic mass is 10.4. The van der Waals surface area contributed by atoms with E-state index < -0.39 is 18.0 Å². The molecule has 0 rings (SSSR count). The second kappa shape index (κ2) is 5.35. The van der Waals surface area contributed by atoms with E-state index in [2.05, 4.69) is 9.47 Å². The van der Waals surface area contributed by atoms with Gasteiger partial charge in [-0.1, -0.05) is 6.08 Å². The van der Waals surface area contributed by atoms with Crippen LogP contribution in [0.15, 0.2) is 12.2 Å². The molecule has 0 bridgehead atoms. The van der Waals surface area contributed by atoms with Crippen molar-refractivity contribution in [3.8, 4) is 0 Å². The molecule has 0 saturated heterocycles. The first-order valence-corrected chi connectivity index (χ1v) is 3.53. The Hall–Kier alpha value is -1.32. The van der Waals surface area contributed by atoms with Gasteiger partial charge < -0.3 is 9.47 Å². The summed E-state index contributed by atoms with van der Waals surface area (Å²) >= 11 is 0. The predicted molar refractivity (Wildman–Crippen MR) is 42.4 cm³/mol. The first kappa shape index (κ1) is 10.7. The Morgan fingerprint density at radius 3 is 2.42 bits per heavy atom. The van der Waals surface area contributed by atoms with Crippen molar-refractivity contribution in [2.24, 2.45) is 0 Å². The van der Waals surface area contributed by atoms with Crippen LogP contribution in [0.5, 0.6) is 0 Å². The molecule has 4 heteroatoms. The molecule has 0 aliphatic heterocycles. The number of esters is 2. The topological polar surface area (TPSA) is 52.6 Å². The third-order valence-corrected chi connectivity index (χ3v) is 1.13. The van der Waals surface area contributed by atoms with Gasteiger partial charge in [0.2, 0.25) is 0 Å². The van der Waals surface area contributed by atoms with Gasteiger partial charge in [0.15, 0.2) is 6.10 Å². The molecular formula is C8H12O4. The van der Waals surface area contributed by atoms with Crippen LogP contribution in [0.4, 0.5) is 0 Å². The number of carbonyl (C=O) groups is 2.